The Morgan fingerprint density at radius 1 is 0.950 bits per heavy atom. The fraction of sp³-hybridized carbons (Fsp3) is 0.294. The van der Waals surface area contributed by atoms with Crippen molar-refractivity contribution in [2.75, 3.05) is 0 Å². The van der Waals surface area contributed by atoms with Crippen LogP contribution in [0.15, 0.2) is 36.4 Å². The highest BCUT2D eigenvalue weighted by Gasteiger charge is 2.12. The maximum absolute atomic E-state index is 13.1. The summed E-state index contributed by atoms with van der Waals surface area (Å²) >= 11 is 0. The summed E-state index contributed by atoms with van der Waals surface area (Å²) in [6.45, 7) is 4.01. The molecular weight excluding hydrogens is 258 g/mol. The minimum atomic E-state index is -0.873. The van der Waals surface area contributed by atoms with Crippen LogP contribution in [0.3, 0.4) is 0 Å². The van der Waals surface area contributed by atoms with Gasteiger partial charge in [0.05, 0.1) is 6.10 Å². The molecule has 0 aliphatic rings. The SMILES string of the molecule is Cc1cccc(C)c1CC(O)Cc1ccc(F)c(F)c1. The molecule has 3 heteroatoms. The molecular formula is C17H18F2O. The van der Waals surface area contributed by atoms with Crippen molar-refractivity contribution in [3.05, 3.63) is 70.3 Å². The van der Waals surface area contributed by atoms with Crippen molar-refractivity contribution >= 4 is 0 Å². The zero-order valence-electron chi connectivity index (χ0n) is 11.7. The second-order valence-electron chi connectivity index (χ2n) is 5.18. The minimum Gasteiger partial charge on any atom is -0.392 e. The van der Waals surface area contributed by atoms with Crippen LogP contribution in [-0.2, 0) is 12.8 Å². The number of aliphatic hydroxyl groups excluding tert-OH is 1. The molecule has 0 aliphatic carbocycles. The van der Waals surface area contributed by atoms with E-state index in [1.807, 2.05) is 32.0 Å². The average Bonchev–Trinajstić information content (AvgIpc) is 2.38. The van der Waals surface area contributed by atoms with Gasteiger partial charge in [-0.3, -0.25) is 0 Å². The highest BCUT2D eigenvalue weighted by molar-refractivity contribution is 5.34. The molecule has 0 radical (unpaired) electrons. The summed E-state index contributed by atoms with van der Waals surface area (Å²) in [6.07, 6.45) is 0.210. The van der Waals surface area contributed by atoms with Crippen molar-refractivity contribution in [3.8, 4) is 0 Å². The van der Waals surface area contributed by atoms with Crippen molar-refractivity contribution in [3.63, 3.8) is 0 Å². The van der Waals surface area contributed by atoms with E-state index in [1.165, 1.54) is 6.07 Å². The summed E-state index contributed by atoms with van der Waals surface area (Å²) < 4.78 is 26.0. The van der Waals surface area contributed by atoms with E-state index in [2.05, 4.69) is 0 Å². The van der Waals surface area contributed by atoms with E-state index >= 15 is 0 Å². The lowest BCUT2D eigenvalue weighted by molar-refractivity contribution is 0.175. The Labute approximate surface area is 117 Å². The summed E-state index contributed by atoms with van der Waals surface area (Å²) in [5.41, 5.74) is 3.98. The van der Waals surface area contributed by atoms with E-state index in [9.17, 15) is 13.9 Å². The molecule has 1 unspecified atom stereocenters. The van der Waals surface area contributed by atoms with E-state index in [0.717, 1.165) is 28.8 Å². The maximum Gasteiger partial charge on any atom is 0.159 e. The summed E-state index contributed by atoms with van der Waals surface area (Å²) in [5, 5.41) is 10.1. The fourth-order valence-electron chi connectivity index (χ4n) is 2.42. The number of benzene rings is 2. The molecule has 0 saturated carbocycles. The first kappa shape index (κ1) is 14.7. The van der Waals surface area contributed by atoms with Gasteiger partial charge in [-0.25, -0.2) is 8.78 Å². The Bertz CT molecular complexity index is 588. The van der Waals surface area contributed by atoms with E-state index < -0.39 is 17.7 Å². The smallest absolute Gasteiger partial charge is 0.159 e. The Morgan fingerprint density at radius 2 is 1.60 bits per heavy atom. The Morgan fingerprint density at radius 3 is 2.20 bits per heavy atom. The standard InChI is InChI=1S/C17H18F2O/c1-11-4-3-5-12(2)15(11)10-14(20)8-13-6-7-16(18)17(19)9-13/h3-7,9,14,20H,8,10H2,1-2H3. The molecule has 2 rings (SSSR count). The molecule has 0 aliphatic heterocycles. The van der Waals surface area contributed by atoms with Gasteiger partial charge in [-0.05, 0) is 61.1 Å². The van der Waals surface area contributed by atoms with Crippen LogP contribution in [0.4, 0.5) is 8.78 Å². The molecule has 0 spiro atoms. The predicted molar refractivity (Wildman–Crippen MR) is 75.7 cm³/mol. The number of hydrogen-bond acceptors (Lipinski definition) is 1. The lowest BCUT2D eigenvalue weighted by Gasteiger charge is -2.15. The van der Waals surface area contributed by atoms with Crippen molar-refractivity contribution < 1.29 is 13.9 Å². The summed E-state index contributed by atoms with van der Waals surface area (Å²) in [5.74, 6) is -1.74. The topological polar surface area (TPSA) is 20.2 Å². The molecule has 0 aromatic heterocycles. The molecule has 2 aromatic rings. The van der Waals surface area contributed by atoms with Gasteiger partial charge in [-0.1, -0.05) is 24.3 Å². The molecule has 106 valence electrons. The maximum atomic E-state index is 13.1. The molecule has 1 N–H and O–H groups in total. The first-order valence-electron chi connectivity index (χ1n) is 6.64. The highest BCUT2D eigenvalue weighted by Crippen LogP contribution is 2.18. The molecule has 0 amide bonds. The van der Waals surface area contributed by atoms with Crippen LogP contribution in [0.2, 0.25) is 0 Å². The van der Waals surface area contributed by atoms with Gasteiger partial charge in [0.15, 0.2) is 11.6 Å². The second kappa shape index (κ2) is 6.14. The molecule has 0 bridgehead atoms. The number of hydrogen-bond donors (Lipinski definition) is 1. The summed E-state index contributed by atoms with van der Waals surface area (Å²) in [6, 6.07) is 9.74. The predicted octanol–water partition coefficient (Wildman–Crippen LogP) is 3.73. The monoisotopic (exact) mass is 276 g/mol. The van der Waals surface area contributed by atoms with Crippen LogP contribution >= 0.6 is 0 Å². The molecule has 2 aromatic carbocycles. The van der Waals surface area contributed by atoms with Crippen LogP contribution in [-0.4, -0.2) is 11.2 Å². The molecule has 1 atom stereocenters. The van der Waals surface area contributed by atoms with Gasteiger partial charge in [-0.2, -0.15) is 0 Å². The molecule has 0 saturated heterocycles. The number of aliphatic hydroxyl groups is 1. The van der Waals surface area contributed by atoms with Gasteiger partial charge in [0.1, 0.15) is 0 Å². The number of aryl methyl sites for hydroxylation is 2. The van der Waals surface area contributed by atoms with E-state index in [1.54, 1.807) is 0 Å². The van der Waals surface area contributed by atoms with Gasteiger partial charge in [-0.15, -0.1) is 0 Å². The van der Waals surface area contributed by atoms with Crippen LogP contribution in [0, 0.1) is 25.5 Å². The highest BCUT2D eigenvalue weighted by atomic mass is 19.2. The van der Waals surface area contributed by atoms with Crippen LogP contribution in [0.5, 0.6) is 0 Å². The third-order valence-corrected chi connectivity index (χ3v) is 3.54. The van der Waals surface area contributed by atoms with Crippen LogP contribution in [0.25, 0.3) is 0 Å². The molecule has 20 heavy (non-hydrogen) atoms. The number of halogens is 2. The van der Waals surface area contributed by atoms with Gasteiger partial charge in [0, 0.05) is 0 Å². The lowest BCUT2D eigenvalue weighted by atomic mass is 9.95. The quantitative estimate of drug-likeness (QED) is 0.902. The summed E-state index contributed by atoms with van der Waals surface area (Å²) in [4.78, 5) is 0. The van der Waals surface area contributed by atoms with Crippen LogP contribution < -0.4 is 0 Å². The lowest BCUT2D eigenvalue weighted by Crippen LogP contribution is -2.15. The average molecular weight is 276 g/mol. The first-order valence-corrected chi connectivity index (χ1v) is 6.64. The van der Waals surface area contributed by atoms with Gasteiger partial charge >= 0.3 is 0 Å². The van der Waals surface area contributed by atoms with Crippen molar-refractivity contribution in [2.45, 2.75) is 32.8 Å². The van der Waals surface area contributed by atoms with Crippen LogP contribution in [0.1, 0.15) is 22.3 Å². The van der Waals surface area contributed by atoms with E-state index in [-0.39, 0.29) is 0 Å². The van der Waals surface area contributed by atoms with Gasteiger partial charge in [0.25, 0.3) is 0 Å². The third-order valence-electron chi connectivity index (χ3n) is 3.54. The van der Waals surface area contributed by atoms with Gasteiger partial charge in [0.2, 0.25) is 0 Å². The van der Waals surface area contributed by atoms with Gasteiger partial charge < -0.3 is 5.11 Å². The number of rotatable bonds is 4. The minimum absolute atomic E-state index is 0.310. The van der Waals surface area contributed by atoms with Crippen molar-refractivity contribution in [1.29, 1.82) is 0 Å². The molecule has 0 heterocycles. The zero-order valence-corrected chi connectivity index (χ0v) is 11.7. The Balaban J connectivity index is 2.09. The van der Waals surface area contributed by atoms with Crippen molar-refractivity contribution in [1.82, 2.24) is 0 Å². The largest absolute Gasteiger partial charge is 0.392 e. The fourth-order valence-corrected chi connectivity index (χ4v) is 2.42. The van der Waals surface area contributed by atoms with E-state index in [0.29, 0.717) is 18.4 Å². The van der Waals surface area contributed by atoms with E-state index in [4.69, 9.17) is 0 Å². The zero-order chi connectivity index (χ0) is 14.7. The Kier molecular flexibility index (Phi) is 4.50. The second-order valence-corrected chi connectivity index (χ2v) is 5.18. The molecule has 1 nitrogen and oxygen atoms in total. The first-order chi connectivity index (χ1) is 9.47. The third kappa shape index (κ3) is 3.42. The van der Waals surface area contributed by atoms with Crippen molar-refractivity contribution in [2.24, 2.45) is 0 Å². The normalized spacial score (nSPS) is 12.4. The molecule has 0 fully saturated rings. The summed E-state index contributed by atoms with van der Waals surface area (Å²) in [7, 11) is 0. The Hall–Kier alpha value is -1.74.